The number of hydrogen-bond donors (Lipinski definition) is 3. The third-order valence-corrected chi connectivity index (χ3v) is 3.38. The molecule has 2 rings (SSSR count). The van der Waals surface area contributed by atoms with Crippen molar-refractivity contribution in [2.24, 2.45) is 5.92 Å². The Morgan fingerprint density at radius 3 is 2.76 bits per heavy atom. The van der Waals surface area contributed by atoms with Crippen LogP contribution in [0.1, 0.15) is 41.9 Å². The highest BCUT2D eigenvalue weighted by atomic mass is 16.3. The largest absolute Gasteiger partial charge is 0.396 e. The molecule has 1 amide bonds. The zero-order valence-corrected chi connectivity index (χ0v) is 10.1. The lowest BCUT2D eigenvalue weighted by molar-refractivity contribution is 0.0909. The van der Waals surface area contributed by atoms with Gasteiger partial charge in [-0.15, -0.1) is 0 Å². The van der Waals surface area contributed by atoms with E-state index in [4.69, 9.17) is 5.11 Å². The van der Waals surface area contributed by atoms with Crippen LogP contribution < -0.4 is 5.32 Å². The Balaban J connectivity index is 1.84. The van der Waals surface area contributed by atoms with Gasteiger partial charge >= 0.3 is 0 Å². The summed E-state index contributed by atoms with van der Waals surface area (Å²) in [5.41, 5.74) is 1.34. The zero-order chi connectivity index (χ0) is 12.3. The Morgan fingerprint density at radius 2 is 2.24 bits per heavy atom. The van der Waals surface area contributed by atoms with Crippen molar-refractivity contribution in [1.82, 2.24) is 15.5 Å². The number of H-pyrrole nitrogens is 1. The molecular weight excluding hydrogens is 218 g/mol. The summed E-state index contributed by atoms with van der Waals surface area (Å²) < 4.78 is 0. The second kappa shape index (κ2) is 5.31. The fourth-order valence-electron chi connectivity index (χ4n) is 2.28. The van der Waals surface area contributed by atoms with E-state index < -0.39 is 0 Å². The lowest BCUT2D eigenvalue weighted by Crippen LogP contribution is -2.38. The molecular formula is C12H19N3O2. The number of aliphatic hydroxyl groups excluding tert-OH is 1. The van der Waals surface area contributed by atoms with Gasteiger partial charge in [0.15, 0.2) is 0 Å². The maximum atomic E-state index is 11.8. The highest BCUT2D eigenvalue weighted by molar-refractivity contribution is 5.92. The standard InChI is InChI=1S/C12H19N3O2/c1-8-6-11(15-14-8)12(17)13-10-4-2-9(7-16)3-5-10/h6,9-10,16H,2-5,7H2,1H3,(H,13,17)(H,14,15). The van der Waals surface area contributed by atoms with Crippen LogP contribution in [0.3, 0.4) is 0 Å². The fraction of sp³-hybridized carbons (Fsp3) is 0.667. The van der Waals surface area contributed by atoms with E-state index in [2.05, 4.69) is 15.5 Å². The van der Waals surface area contributed by atoms with Gasteiger partial charge in [-0.2, -0.15) is 5.10 Å². The predicted octanol–water partition coefficient (Wildman–Crippen LogP) is 0.999. The van der Waals surface area contributed by atoms with E-state index in [1.54, 1.807) is 6.07 Å². The van der Waals surface area contributed by atoms with Crippen molar-refractivity contribution >= 4 is 5.91 Å². The van der Waals surface area contributed by atoms with Crippen molar-refractivity contribution in [3.05, 3.63) is 17.5 Å². The molecule has 0 spiro atoms. The van der Waals surface area contributed by atoms with Crippen molar-refractivity contribution in [3.63, 3.8) is 0 Å². The van der Waals surface area contributed by atoms with Crippen molar-refractivity contribution in [2.45, 2.75) is 38.6 Å². The van der Waals surface area contributed by atoms with E-state index in [0.717, 1.165) is 31.4 Å². The molecule has 0 saturated heterocycles. The number of aromatic nitrogens is 2. The third kappa shape index (κ3) is 3.06. The number of aliphatic hydroxyl groups is 1. The number of aromatic amines is 1. The molecule has 0 aliphatic heterocycles. The van der Waals surface area contributed by atoms with Crippen LogP contribution in [0, 0.1) is 12.8 Å². The molecule has 1 aromatic rings. The van der Waals surface area contributed by atoms with Gasteiger partial charge in [-0.25, -0.2) is 0 Å². The molecule has 17 heavy (non-hydrogen) atoms. The Morgan fingerprint density at radius 1 is 1.53 bits per heavy atom. The summed E-state index contributed by atoms with van der Waals surface area (Å²) in [4.78, 5) is 11.8. The summed E-state index contributed by atoms with van der Waals surface area (Å²) in [6, 6.07) is 1.97. The number of aryl methyl sites for hydroxylation is 1. The molecule has 94 valence electrons. The minimum atomic E-state index is -0.109. The van der Waals surface area contributed by atoms with Crippen LogP contribution in [0.2, 0.25) is 0 Å². The first-order valence-electron chi connectivity index (χ1n) is 6.12. The quantitative estimate of drug-likeness (QED) is 0.734. The average Bonchev–Trinajstić information content (AvgIpc) is 2.77. The summed E-state index contributed by atoms with van der Waals surface area (Å²) in [6.07, 6.45) is 3.86. The van der Waals surface area contributed by atoms with E-state index in [0.29, 0.717) is 11.6 Å². The first-order valence-corrected chi connectivity index (χ1v) is 6.12. The van der Waals surface area contributed by atoms with Gasteiger partial charge in [0, 0.05) is 18.3 Å². The molecule has 0 unspecified atom stereocenters. The number of rotatable bonds is 3. The minimum Gasteiger partial charge on any atom is -0.396 e. The van der Waals surface area contributed by atoms with Crippen molar-refractivity contribution in [2.75, 3.05) is 6.61 Å². The van der Waals surface area contributed by atoms with Crippen LogP contribution >= 0.6 is 0 Å². The molecule has 1 aliphatic carbocycles. The van der Waals surface area contributed by atoms with Crippen molar-refractivity contribution < 1.29 is 9.90 Å². The number of carbonyl (C=O) groups excluding carboxylic acids is 1. The molecule has 0 aromatic carbocycles. The maximum Gasteiger partial charge on any atom is 0.271 e. The van der Waals surface area contributed by atoms with Gasteiger partial charge < -0.3 is 10.4 Å². The molecule has 1 saturated carbocycles. The number of nitrogens with zero attached hydrogens (tertiary/aromatic N) is 1. The van der Waals surface area contributed by atoms with Crippen LogP contribution in [0.25, 0.3) is 0 Å². The Kier molecular flexibility index (Phi) is 3.78. The minimum absolute atomic E-state index is 0.109. The molecule has 1 aliphatic rings. The maximum absolute atomic E-state index is 11.8. The second-order valence-electron chi connectivity index (χ2n) is 4.81. The topological polar surface area (TPSA) is 78.0 Å². The second-order valence-corrected chi connectivity index (χ2v) is 4.81. The van der Waals surface area contributed by atoms with Crippen LogP contribution in [0.4, 0.5) is 0 Å². The molecule has 5 nitrogen and oxygen atoms in total. The Bertz CT molecular complexity index is 381. The molecule has 3 N–H and O–H groups in total. The molecule has 0 bridgehead atoms. The van der Waals surface area contributed by atoms with Gasteiger partial charge in [0.1, 0.15) is 5.69 Å². The lowest BCUT2D eigenvalue weighted by Gasteiger charge is -2.27. The molecule has 0 radical (unpaired) electrons. The summed E-state index contributed by atoms with van der Waals surface area (Å²) in [6.45, 7) is 2.13. The highest BCUT2D eigenvalue weighted by Gasteiger charge is 2.22. The Labute approximate surface area is 101 Å². The van der Waals surface area contributed by atoms with Crippen LogP contribution in [0.15, 0.2) is 6.07 Å². The lowest BCUT2D eigenvalue weighted by atomic mass is 9.86. The molecule has 1 aromatic heterocycles. The van der Waals surface area contributed by atoms with E-state index in [-0.39, 0.29) is 18.6 Å². The SMILES string of the molecule is Cc1cc(C(=O)NC2CCC(CO)CC2)n[nH]1. The van der Waals surface area contributed by atoms with Gasteiger partial charge in [0.2, 0.25) is 0 Å². The van der Waals surface area contributed by atoms with Gasteiger partial charge in [-0.3, -0.25) is 9.89 Å². The molecule has 5 heteroatoms. The summed E-state index contributed by atoms with van der Waals surface area (Å²) >= 11 is 0. The van der Waals surface area contributed by atoms with Crippen molar-refractivity contribution in [3.8, 4) is 0 Å². The highest BCUT2D eigenvalue weighted by Crippen LogP contribution is 2.23. The predicted molar refractivity (Wildman–Crippen MR) is 63.6 cm³/mol. The van der Waals surface area contributed by atoms with Gasteiger partial charge in [-0.1, -0.05) is 0 Å². The van der Waals surface area contributed by atoms with Gasteiger partial charge in [-0.05, 0) is 44.6 Å². The fourth-order valence-corrected chi connectivity index (χ4v) is 2.28. The molecule has 0 atom stereocenters. The Hall–Kier alpha value is -1.36. The van der Waals surface area contributed by atoms with E-state index in [9.17, 15) is 4.79 Å². The van der Waals surface area contributed by atoms with Crippen molar-refractivity contribution in [1.29, 1.82) is 0 Å². The number of nitrogens with one attached hydrogen (secondary N) is 2. The normalized spacial score (nSPS) is 24.6. The number of carbonyl (C=O) groups is 1. The monoisotopic (exact) mass is 237 g/mol. The van der Waals surface area contributed by atoms with Crippen LogP contribution in [0.5, 0.6) is 0 Å². The molecule has 1 fully saturated rings. The first-order chi connectivity index (χ1) is 8.19. The van der Waals surface area contributed by atoms with Crippen LogP contribution in [-0.2, 0) is 0 Å². The van der Waals surface area contributed by atoms with E-state index in [1.165, 1.54) is 0 Å². The first kappa shape index (κ1) is 12.1. The average molecular weight is 237 g/mol. The summed E-state index contributed by atoms with van der Waals surface area (Å²) in [5, 5.41) is 18.7. The van der Waals surface area contributed by atoms with E-state index >= 15 is 0 Å². The van der Waals surface area contributed by atoms with E-state index in [1.807, 2.05) is 6.92 Å². The smallest absolute Gasteiger partial charge is 0.271 e. The number of amides is 1. The third-order valence-electron chi connectivity index (χ3n) is 3.38. The molecule has 1 heterocycles. The van der Waals surface area contributed by atoms with Gasteiger partial charge in [0.25, 0.3) is 5.91 Å². The van der Waals surface area contributed by atoms with Crippen LogP contribution in [-0.4, -0.2) is 33.9 Å². The summed E-state index contributed by atoms with van der Waals surface area (Å²) in [5.74, 6) is 0.303. The zero-order valence-electron chi connectivity index (χ0n) is 10.1. The summed E-state index contributed by atoms with van der Waals surface area (Å²) in [7, 11) is 0. The van der Waals surface area contributed by atoms with Gasteiger partial charge in [0.05, 0.1) is 0 Å². The number of hydrogen-bond acceptors (Lipinski definition) is 3.